The van der Waals surface area contributed by atoms with Crippen LogP contribution in [0.3, 0.4) is 0 Å². The van der Waals surface area contributed by atoms with Crippen LogP contribution in [0.1, 0.15) is 28.0 Å². The highest BCUT2D eigenvalue weighted by Gasteiger charge is 2.33. The fraction of sp³-hybridized carbons (Fsp3) is 0.320. The van der Waals surface area contributed by atoms with E-state index in [-0.39, 0.29) is 24.5 Å². The molecule has 0 radical (unpaired) electrons. The number of para-hydroxylation sites is 1. The number of methoxy groups -OCH3 is 1. The Balaban J connectivity index is 1.40. The molecule has 2 heterocycles. The number of nitrogens with zero attached hydrogens (tertiary/aromatic N) is 1. The Labute approximate surface area is 186 Å². The Morgan fingerprint density at radius 2 is 1.94 bits per heavy atom. The molecule has 1 amide bonds. The van der Waals surface area contributed by atoms with Gasteiger partial charge >= 0.3 is 5.97 Å². The molecule has 32 heavy (non-hydrogen) atoms. The predicted octanol–water partition coefficient (Wildman–Crippen LogP) is 3.43. The van der Waals surface area contributed by atoms with Crippen LogP contribution in [-0.4, -0.2) is 43.2 Å². The van der Waals surface area contributed by atoms with E-state index in [1.807, 2.05) is 37.3 Å². The number of esters is 1. The number of rotatable bonds is 6. The lowest BCUT2D eigenvalue weighted by molar-refractivity contribution is -0.151. The Morgan fingerprint density at radius 3 is 2.72 bits per heavy atom. The van der Waals surface area contributed by atoms with Gasteiger partial charge in [-0.25, -0.2) is 0 Å². The topological polar surface area (TPSA) is 86.8 Å². The van der Waals surface area contributed by atoms with Crippen molar-refractivity contribution in [1.29, 1.82) is 0 Å². The van der Waals surface area contributed by atoms with Crippen molar-refractivity contribution < 1.29 is 23.8 Å². The molecule has 4 rings (SSSR count). The largest absolute Gasteiger partial charge is 0.489 e. The van der Waals surface area contributed by atoms with E-state index in [2.05, 4.69) is 10.3 Å². The highest BCUT2D eigenvalue weighted by atomic mass is 16.5. The third-order valence-corrected chi connectivity index (χ3v) is 5.62. The molecule has 166 valence electrons. The van der Waals surface area contributed by atoms with Crippen molar-refractivity contribution in [3.8, 4) is 5.75 Å². The Kier molecular flexibility index (Phi) is 6.66. The van der Waals surface area contributed by atoms with Gasteiger partial charge in [-0.2, -0.15) is 0 Å². The van der Waals surface area contributed by atoms with Gasteiger partial charge in [0.05, 0.1) is 19.2 Å². The van der Waals surface area contributed by atoms with Gasteiger partial charge < -0.3 is 19.5 Å². The normalized spacial score (nSPS) is 18.2. The molecule has 0 aliphatic carbocycles. The predicted molar refractivity (Wildman–Crippen MR) is 119 cm³/mol. The number of nitrogens with one attached hydrogen (secondary N) is 1. The molecule has 2 aromatic carbocycles. The van der Waals surface area contributed by atoms with E-state index in [0.29, 0.717) is 30.9 Å². The summed E-state index contributed by atoms with van der Waals surface area (Å²) in [5.74, 6) is -0.455. The smallest absolute Gasteiger partial charge is 0.313 e. The average Bonchev–Trinajstić information content (AvgIpc) is 2.82. The lowest BCUT2D eigenvalue weighted by Crippen LogP contribution is -2.48. The van der Waals surface area contributed by atoms with Crippen molar-refractivity contribution in [2.75, 3.05) is 20.3 Å². The Bertz CT molecular complexity index is 1110. The van der Waals surface area contributed by atoms with Gasteiger partial charge in [0.2, 0.25) is 0 Å². The molecule has 0 saturated carbocycles. The molecule has 1 saturated heterocycles. The number of hydrogen-bond acceptors (Lipinski definition) is 6. The number of amides is 1. The zero-order valence-corrected chi connectivity index (χ0v) is 18.2. The molecular formula is C25H26N2O5. The van der Waals surface area contributed by atoms with Crippen LogP contribution in [0.25, 0.3) is 10.9 Å². The molecule has 1 fully saturated rings. The van der Waals surface area contributed by atoms with E-state index in [4.69, 9.17) is 14.2 Å². The number of carbonyl (C=O) groups excluding carboxylic acids is 2. The van der Waals surface area contributed by atoms with Crippen molar-refractivity contribution in [1.82, 2.24) is 10.3 Å². The lowest BCUT2D eigenvalue weighted by Gasteiger charge is -2.30. The molecule has 7 heteroatoms. The van der Waals surface area contributed by atoms with Crippen LogP contribution in [0.2, 0.25) is 0 Å². The minimum Gasteiger partial charge on any atom is -0.489 e. The number of hydrogen-bond donors (Lipinski definition) is 1. The highest BCUT2D eigenvalue weighted by Crippen LogP contribution is 2.22. The summed E-state index contributed by atoms with van der Waals surface area (Å²) in [6, 6.07) is 16.7. The standard InChI is InChI=1S/C25H26N2O5/c1-16-13-18(20-5-3-4-6-22(20)26-16)14-32-19-9-7-17(8-10-19)24(28)27-23-11-12-31-15-21(23)25(29)30-2/h3-10,13,21,23H,11-12,14-15H2,1-2H3,(H,27,28)/t21-,23+/m0/s1. The molecule has 1 aliphatic heterocycles. The van der Waals surface area contributed by atoms with Crippen molar-refractivity contribution >= 4 is 22.8 Å². The second-order valence-electron chi connectivity index (χ2n) is 7.83. The molecule has 7 nitrogen and oxygen atoms in total. The van der Waals surface area contributed by atoms with E-state index in [1.54, 1.807) is 24.3 Å². The van der Waals surface area contributed by atoms with Crippen LogP contribution >= 0.6 is 0 Å². The fourth-order valence-corrected chi connectivity index (χ4v) is 3.92. The summed E-state index contributed by atoms with van der Waals surface area (Å²) >= 11 is 0. The first-order valence-electron chi connectivity index (χ1n) is 10.6. The third-order valence-electron chi connectivity index (χ3n) is 5.62. The van der Waals surface area contributed by atoms with Crippen molar-refractivity contribution in [3.63, 3.8) is 0 Å². The van der Waals surface area contributed by atoms with Gasteiger partial charge in [0.15, 0.2) is 0 Å². The first-order chi connectivity index (χ1) is 15.5. The van der Waals surface area contributed by atoms with E-state index >= 15 is 0 Å². The zero-order chi connectivity index (χ0) is 22.5. The zero-order valence-electron chi connectivity index (χ0n) is 18.2. The van der Waals surface area contributed by atoms with Gasteiger partial charge in [-0.15, -0.1) is 0 Å². The molecule has 1 aromatic heterocycles. The van der Waals surface area contributed by atoms with Crippen LogP contribution in [0.5, 0.6) is 5.75 Å². The average molecular weight is 434 g/mol. The molecule has 0 bridgehead atoms. The second-order valence-corrected chi connectivity index (χ2v) is 7.83. The van der Waals surface area contributed by atoms with E-state index in [0.717, 1.165) is 22.2 Å². The maximum Gasteiger partial charge on any atom is 0.313 e. The van der Waals surface area contributed by atoms with Crippen molar-refractivity contribution in [2.24, 2.45) is 5.92 Å². The highest BCUT2D eigenvalue weighted by molar-refractivity contribution is 5.94. The van der Waals surface area contributed by atoms with Gasteiger partial charge in [0.1, 0.15) is 18.3 Å². The summed E-state index contributed by atoms with van der Waals surface area (Å²) < 4.78 is 16.2. The molecular weight excluding hydrogens is 408 g/mol. The molecule has 1 aliphatic rings. The van der Waals surface area contributed by atoms with Gasteiger partial charge in [0, 0.05) is 34.9 Å². The van der Waals surface area contributed by atoms with E-state index in [1.165, 1.54) is 7.11 Å². The summed E-state index contributed by atoms with van der Waals surface area (Å²) in [6.07, 6.45) is 0.562. The number of benzene rings is 2. The van der Waals surface area contributed by atoms with E-state index < -0.39 is 5.92 Å². The maximum atomic E-state index is 12.7. The molecule has 0 unspecified atom stereocenters. The van der Waals surface area contributed by atoms with Crippen molar-refractivity contribution in [3.05, 3.63) is 71.4 Å². The SMILES string of the molecule is COC(=O)[C@H]1COCC[C@H]1NC(=O)c1ccc(OCc2cc(C)nc3ccccc23)cc1. The third kappa shape index (κ3) is 4.89. The van der Waals surface area contributed by atoms with Crippen LogP contribution in [0.4, 0.5) is 0 Å². The minimum atomic E-state index is -0.501. The quantitative estimate of drug-likeness (QED) is 0.598. The van der Waals surface area contributed by atoms with E-state index in [9.17, 15) is 9.59 Å². The van der Waals surface area contributed by atoms with Crippen LogP contribution in [0, 0.1) is 12.8 Å². The fourth-order valence-electron chi connectivity index (χ4n) is 3.92. The number of aromatic nitrogens is 1. The molecule has 1 N–H and O–H groups in total. The number of fused-ring (bicyclic) bond motifs is 1. The number of aryl methyl sites for hydroxylation is 1. The van der Waals surface area contributed by atoms with Crippen LogP contribution in [0.15, 0.2) is 54.6 Å². The monoisotopic (exact) mass is 434 g/mol. The number of carbonyl (C=O) groups is 2. The summed E-state index contributed by atoms with van der Waals surface area (Å²) in [7, 11) is 1.34. The number of pyridine rings is 1. The summed E-state index contributed by atoms with van der Waals surface area (Å²) in [4.78, 5) is 29.2. The first-order valence-corrected chi connectivity index (χ1v) is 10.6. The molecule has 0 spiro atoms. The van der Waals surface area contributed by atoms with Gasteiger partial charge in [-0.1, -0.05) is 18.2 Å². The van der Waals surface area contributed by atoms with Crippen molar-refractivity contribution in [2.45, 2.75) is 26.0 Å². The van der Waals surface area contributed by atoms with Gasteiger partial charge in [-0.05, 0) is 49.7 Å². The Hall–Kier alpha value is -3.45. The Morgan fingerprint density at radius 1 is 1.16 bits per heavy atom. The molecule has 3 aromatic rings. The summed E-state index contributed by atoms with van der Waals surface area (Å²) in [5, 5.41) is 4.00. The maximum absolute atomic E-state index is 12.7. The summed E-state index contributed by atoms with van der Waals surface area (Å²) in [5.41, 5.74) is 3.44. The summed E-state index contributed by atoms with van der Waals surface area (Å²) in [6.45, 7) is 3.10. The minimum absolute atomic E-state index is 0.242. The van der Waals surface area contributed by atoms with Gasteiger partial charge in [-0.3, -0.25) is 14.6 Å². The second kappa shape index (κ2) is 9.78. The molecule has 2 atom stereocenters. The van der Waals surface area contributed by atoms with Gasteiger partial charge in [0.25, 0.3) is 5.91 Å². The lowest BCUT2D eigenvalue weighted by atomic mass is 9.95. The first kappa shape index (κ1) is 21.8. The van der Waals surface area contributed by atoms with Crippen LogP contribution < -0.4 is 10.1 Å². The number of ether oxygens (including phenoxy) is 3. The van der Waals surface area contributed by atoms with Crippen LogP contribution in [-0.2, 0) is 20.9 Å².